The van der Waals surface area contributed by atoms with Gasteiger partial charge >= 0.3 is 0 Å². The standard InChI is InChI=1S/C8H13O/c1-5-8(3,4)7-9-6-2/h1,7H,6H2,2-4H3. The maximum atomic E-state index is 5.19. The smallest absolute Gasteiger partial charge is 0.101 e. The minimum atomic E-state index is -0.226. The molecule has 0 aliphatic rings. The van der Waals surface area contributed by atoms with Crippen LogP contribution in [-0.2, 0) is 4.74 Å². The molecule has 0 N–H and O–H groups in total. The van der Waals surface area contributed by atoms with E-state index < -0.39 is 0 Å². The van der Waals surface area contributed by atoms with Crippen molar-refractivity contribution in [2.75, 3.05) is 6.61 Å². The first kappa shape index (κ1) is 8.52. The van der Waals surface area contributed by atoms with E-state index in [1.807, 2.05) is 20.8 Å². The fourth-order valence-corrected chi connectivity index (χ4v) is 0.326. The molecule has 1 heteroatoms. The van der Waals surface area contributed by atoms with Crippen LogP contribution in [0, 0.1) is 24.4 Å². The Morgan fingerprint density at radius 1 is 1.67 bits per heavy atom. The van der Waals surface area contributed by atoms with E-state index in [-0.39, 0.29) is 5.41 Å². The molecule has 1 radical (unpaired) electrons. The molecule has 0 aromatic rings. The van der Waals surface area contributed by atoms with Crippen molar-refractivity contribution in [2.24, 2.45) is 5.41 Å². The van der Waals surface area contributed by atoms with Crippen LogP contribution < -0.4 is 0 Å². The quantitative estimate of drug-likeness (QED) is 0.523. The molecule has 0 bridgehead atoms. The van der Waals surface area contributed by atoms with Crippen LogP contribution in [0.2, 0.25) is 0 Å². The summed E-state index contributed by atoms with van der Waals surface area (Å²) in [6.07, 6.45) is 5.19. The fourth-order valence-electron chi connectivity index (χ4n) is 0.326. The summed E-state index contributed by atoms with van der Waals surface area (Å²) < 4.78 is 5.02. The normalized spacial score (nSPS) is 10.9. The largest absolute Gasteiger partial charge is 0.374 e. The Kier molecular flexibility index (Phi) is 3.34. The van der Waals surface area contributed by atoms with Crippen LogP contribution in [-0.4, -0.2) is 6.61 Å². The highest BCUT2D eigenvalue weighted by molar-refractivity contribution is 5.04. The number of hydrogen-bond donors (Lipinski definition) is 0. The molecule has 0 aromatic heterocycles. The maximum Gasteiger partial charge on any atom is 0.101 e. The summed E-state index contributed by atoms with van der Waals surface area (Å²) in [7, 11) is 0. The lowest BCUT2D eigenvalue weighted by Gasteiger charge is -2.14. The van der Waals surface area contributed by atoms with Crippen molar-refractivity contribution >= 4 is 0 Å². The first-order chi connectivity index (χ1) is 4.12. The molecule has 0 amide bonds. The van der Waals surface area contributed by atoms with E-state index in [1.165, 1.54) is 0 Å². The molecular weight excluding hydrogens is 112 g/mol. The van der Waals surface area contributed by atoms with Crippen molar-refractivity contribution in [3.63, 3.8) is 0 Å². The van der Waals surface area contributed by atoms with Crippen molar-refractivity contribution < 1.29 is 4.74 Å². The maximum absolute atomic E-state index is 5.19. The van der Waals surface area contributed by atoms with Crippen molar-refractivity contribution in [3.8, 4) is 12.3 Å². The molecule has 0 spiro atoms. The summed E-state index contributed by atoms with van der Waals surface area (Å²) in [5, 5.41) is 0. The second kappa shape index (κ2) is 3.53. The van der Waals surface area contributed by atoms with E-state index in [9.17, 15) is 0 Å². The Morgan fingerprint density at radius 2 is 2.22 bits per heavy atom. The van der Waals surface area contributed by atoms with Crippen LogP contribution in [0.1, 0.15) is 20.8 Å². The van der Waals surface area contributed by atoms with E-state index in [0.717, 1.165) is 0 Å². The van der Waals surface area contributed by atoms with Crippen LogP contribution in [0.5, 0.6) is 0 Å². The van der Waals surface area contributed by atoms with Gasteiger partial charge in [-0.3, -0.25) is 0 Å². The summed E-state index contributed by atoms with van der Waals surface area (Å²) in [5.41, 5.74) is -0.226. The van der Waals surface area contributed by atoms with Gasteiger partial charge in [0.05, 0.1) is 5.41 Å². The molecule has 0 fully saturated rings. The zero-order valence-electron chi connectivity index (χ0n) is 6.27. The molecular formula is C8H13O. The van der Waals surface area contributed by atoms with E-state index >= 15 is 0 Å². The molecule has 9 heavy (non-hydrogen) atoms. The van der Waals surface area contributed by atoms with Crippen molar-refractivity contribution in [2.45, 2.75) is 20.8 Å². The van der Waals surface area contributed by atoms with E-state index in [4.69, 9.17) is 11.2 Å². The van der Waals surface area contributed by atoms with Crippen molar-refractivity contribution in [3.05, 3.63) is 6.61 Å². The predicted molar refractivity (Wildman–Crippen MR) is 38.5 cm³/mol. The minimum absolute atomic E-state index is 0.226. The van der Waals surface area contributed by atoms with Crippen LogP contribution in [0.3, 0.4) is 0 Å². The number of ether oxygens (including phenoxy) is 1. The molecule has 0 atom stereocenters. The monoisotopic (exact) mass is 125 g/mol. The Morgan fingerprint density at radius 3 is 2.56 bits per heavy atom. The molecule has 0 saturated carbocycles. The third-order valence-electron chi connectivity index (χ3n) is 0.917. The first-order valence-electron chi connectivity index (χ1n) is 3.06. The second-order valence-corrected chi connectivity index (χ2v) is 2.44. The van der Waals surface area contributed by atoms with E-state index in [1.54, 1.807) is 6.61 Å². The van der Waals surface area contributed by atoms with Gasteiger partial charge in [-0.25, -0.2) is 0 Å². The molecule has 0 aliphatic heterocycles. The molecule has 0 heterocycles. The topological polar surface area (TPSA) is 9.23 Å². The molecule has 51 valence electrons. The van der Waals surface area contributed by atoms with E-state index in [0.29, 0.717) is 6.61 Å². The Labute approximate surface area is 57.4 Å². The summed E-state index contributed by atoms with van der Waals surface area (Å²) in [6, 6.07) is 0. The van der Waals surface area contributed by atoms with Gasteiger partial charge in [-0.05, 0) is 20.8 Å². The van der Waals surface area contributed by atoms with Crippen LogP contribution in [0.25, 0.3) is 0 Å². The van der Waals surface area contributed by atoms with Gasteiger partial charge in [0, 0.05) is 6.61 Å². The van der Waals surface area contributed by atoms with Crippen LogP contribution in [0.4, 0.5) is 0 Å². The van der Waals surface area contributed by atoms with Gasteiger partial charge in [-0.1, -0.05) is 5.92 Å². The highest BCUT2D eigenvalue weighted by Gasteiger charge is 2.13. The lowest BCUT2D eigenvalue weighted by molar-refractivity contribution is 0.167. The third kappa shape index (κ3) is 4.05. The Hall–Kier alpha value is -0.480. The molecule has 0 aromatic carbocycles. The summed E-state index contributed by atoms with van der Waals surface area (Å²) in [5.74, 6) is 2.60. The van der Waals surface area contributed by atoms with Gasteiger partial charge in [0.1, 0.15) is 6.61 Å². The van der Waals surface area contributed by atoms with Gasteiger partial charge < -0.3 is 4.74 Å². The Balaban J connectivity index is 3.49. The number of rotatable bonds is 3. The Bertz CT molecular complexity index is 108. The highest BCUT2D eigenvalue weighted by atomic mass is 16.5. The SMILES string of the molecule is C#CC(C)(C)[CH]OCC. The fraction of sp³-hybridized carbons (Fsp3) is 0.625. The molecule has 1 nitrogen and oxygen atoms in total. The van der Waals surface area contributed by atoms with E-state index in [2.05, 4.69) is 5.92 Å². The van der Waals surface area contributed by atoms with Gasteiger partial charge in [-0.15, -0.1) is 6.42 Å². The summed E-state index contributed by atoms with van der Waals surface area (Å²) in [6.45, 7) is 8.17. The minimum Gasteiger partial charge on any atom is -0.374 e. The average Bonchev–Trinajstić information content (AvgIpc) is 1.84. The molecule has 0 saturated heterocycles. The number of hydrogen-bond acceptors (Lipinski definition) is 1. The average molecular weight is 125 g/mol. The zero-order valence-corrected chi connectivity index (χ0v) is 6.27. The summed E-state index contributed by atoms with van der Waals surface area (Å²) >= 11 is 0. The van der Waals surface area contributed by atoms with Crippen molar-refractivity contribution in [1.29, 1.82) is 0 Å². The third-order valence-corrected chi connectivity index (χ3v) is 0.917. The highest BCUT2D eigenvalue weighted by Crippen LogP contribution is 2.16. The van der Waals surface area contributed by atoms with Crippen LogP contribution >= 0.6 is 0 Å². The molecule has 0 rings (SSSR count). The van der Waals surface area contributed by atoms with Crippen LogP contribution in [0.15, 0.2) is 0 Å². The number of terminal acetylenes is 1. The molecule has 0 aliphatic carbocycles. The van der Waals surface area contributed by atoms with Gasteiger partial charge in [-0.2, -0.15) is 0 Å². The summed E-state index contributed by atoms with van der Waals surface area (Å²) in [4.78, 5) is 0. The molecule has 0 unspecified atom stereocenters. The van der Waals surface area contributed by atoms with Crippen molar-refractivity contribution in [1.82, 2.24) is 0 Å². The van der Waals surface area contributed by atoms with Gasteiger partial charge in [0.15, 0.2) is 0 Å². The zero-order chi connectivity index (χ0) is 7.33. The first-order valence-corrected chi connectivity index (χ1v) is 3.06. The predicted octanol–water partition coefficient (Wildman–Crippen LogP) is 1.84. The van der Waals surface area contributed by atoms with Gasteiger partial charge in [0.2, 0.25) is 0 Å². The lowest BCUT2D eigenvalue weighted by atomic mass is 9.97. The lowest BCUT2D eigenvalue weighted by Crippen LogP contribution is -2.10. The van der Waals surface area contributed by atoms with Gasteiger partial charge in [0.25, 0.3) is 0 Å². The second-order valence-electron chi connectivity index (χ2n) is 2.44.